The lowest BCUT2D eigenvalue weighted by Gasteiger charge is -2.28. The molecule has 1 heterocycles. The molecule has 0 amide bonds. The number of aryl methyl sites for hydroxylation is 1. The van der Waals surface area contributed by atoms with Crippen molar-refractivity contribution in [2.45, 2.75) is 58.9 Å². The first kappa shape index (κ1) is 16.7. The quantitative estimate of drug-likeness (QED) is 0.725. The first-order valence-corrected chi connectivity index (χ1v) is 8.35. The standard InChI is InChI=1S/C15H28BrN3/c1-5-8-12(9-6-2)14(17-10-7-3)15-13(16)11-18-19(15)4/h11-12,14,17H,5-10H2,1-4H3. The van der Waals surface area contributed by atoms with Gasteiger partial charge in [0.25, 0.3) is 0 Å². The van der Waals surface area contributed by atoms with Crippen LogP contribution in [-0.4, -0.2) is 16.3 Å². The summed E-state index contributed by atoms with van der Waals surface area (Å²) >= 11 is 3.66. The zero-order chi connectivity index (χ0) is 14.3. The Hall–Kier alpha value is -0.350. The highest BCUT2D eigenvalue weighted by molar-refractivity contribution is 9.10. The van der Waals surface area contributed by atoms with Crippen LogP contribution in [0.2, 0.25) is 0 Å². The number of hydrogen-bond donors (Lipinski definition) is 1. The van der Waals surface area contributed by atoms with E-state index < -0.39 is 0 Å². The van der Waals surface area contributed by atoms with Gasteiger partial charge < -0.3 is 5.32 Å². The molecule has 0 spiro atoms. The van der Waals surface area contributed by atoms with E-state index in [1.165, 1.54) is 31.4 Å². The Labute approximate surface area is 126 Å². The van der Waals surface area contributed by atoms with Crippen LogP contribution in [0.1, 0.15) is 64.6 Å². The predicted octanol–water partition coefficient (Wildman–Crippen LogP) is 4.44. The topological polar surface area (TPSA) is 29.9 Å². The number of aromatic nitrogens is 2. The molecule has 3 nitrogen and oxygen atoms in total. The largest absolute Gasteiger partial charge is 0.308 e. The number of nitrogens with zero attached hydrogens (tertiary/aromatic N) is 2. The van der Waals surface area contributed by atoms with Gasteiger partial charge in [-0.05, 0) is 47.7 Å². The van der Waals surface area contributed by atoms with E-state index in [2.05, 4.69) is 47.1 Å². The maximum atomic E-state index is 4.38. The van der Waals surface area contributed by atoms with Crippen LogP contribution >= 0.6 is 15.9 Å². The van der Waals surface area contributed by atoms with Crippen LogP contribution in [0.15, 0.2) is 10.7 Å². The Kier molecular flexibility index (Phi) is 7.69. The van der Waals surface area contributed by atoms with Crippen LogP contribution in [-0.2, 0) is 7.05 Å². The molecule has 1 rings (SSSR count). The molecule has 1 N–H and O–H groups in total. The maximum absolute atomic E-state index is 4.38. The highest BCUT2D eigenvalue weighted by Gasteiger charge is 2.26. The van der Waals surface area contributed by atoms with Gasteiger partial charge in [-0.15, -0.1) is 0 Å². The summed E-state index contributed by atoms with van der Waals surface area (Å²) in [6.07, 6.45) is 8.09. The monoisotopic (exact) mass is 329 g/mol. The van der Waals surface area contributed by atoms with Crippen molar-refractivity contribution in [2.24, 2.45) is 13.0 Å². The van der Waals surface area contributed by atoms with Gasteiger partial charge in [0.2, 0.25) is 0 Å². The fourth-order valence-electron chi connectivity index (χ4n) is 2.78. The lowest BCUT2D eigenvalue weighted by atomic mass is 9.88. The maximum Gasteiger partial charge on any atom is 0.0695 e. The Morgan fingerprint density at radius 3 is 2.26 bits per heavy atom. The highest BCUT2D eigenvalue weighted by atomic mass is 79.9. The lowest BCUT2D eigenvalue weighted by Crippen LogP contribution is -2.31. The fraction of sp³-hybridized carbons (Fsp3) is 0.800. The second kappa shape index (κ2) is 8.75. The van der Waals surface area contributed by atoms with Crippen LogP contribution in [0.5, 0.6) is 0 Å². The van der Waals surface area contributed by atoms with Crippen molar-refractivity contribution in [1.82, 2.24) is 15.1 Å². The molecule has 1 atom stereocenters. The summed E-state index contributed by atoms with van der Waals surface area (Å²) in [6, 6.07) is 0.404. The molecular weight excluding hydrogens is 302 g/mol. The lowest BCUT2D eigenvalue weighted by molar-refractivity contribution is 0.303. The SMILES string of the molecule is CCCNC(c1c(Br)cnn1C)C(CCC)CCC. The minimum atomic E-state index is 0.404. The Morgan fingerprint density at radius 2 is 1.84 bits per heavy atom. The van der Waals surface area contributed by atoms with Crippen molar-refractivity contribution in [2.75, 3.05) is 6.54 Å². The molecule has 0 aliphatic heterocycles. The molecule has 4 heteroatoms. The summed E-state index contributed by atoms with van der Waals surface area (Å²) in [5.74, 6) is 0.688. The van der Waals surface area contributed by atoms with Gasteiger partial charge >= 0.3 is 0 Å². The fourth-order valence-corrected chi connectivity index (χ4v) is 3.37. The average molecular weight is 330 g/mol. The van der Waals surface area contributed by atoms with Crippen molar-refractivity contribution in [1.29, 1.82) is 0 Å². The average Bonchev–Trinajstić information content (AvgIpc) is 2.71. The van der Waals surface area contributed by atoms with E-state index in [1.807, 2.05) is 17.9 Å². The molecule has 0 aliphatic carbocycles. The molecule has 1 aromatic heterocycles. The van der Waals surface area contributed by atoms with Crippen LogP contribution in [0.3, 0.4) is 0 Å². The molecule has 0 radical (unpaired) electrons. The van der Waals surface area contributed by atoms with E-state index in [0.29, 0.717) is 12.0 Å². The minimum Gasteiger partial charge on any atom is -0.308 e. The van der Waals surface area contributed by atoms with E-state index in [9.17, 15) is 0 Å². The van der Waals surface area contributed by atoms with Crippen molar-refractivity contribution in [3.8, 4) is 0 Å². The molecule has 0 aromatic carbocycles. The zero-order valence-electron chi connectivity index (χ0n) is 12.7. The molecule has 110 valence electrons. The van der Waals surface area contributed by atoms with E-state index in [-0.39, 0.29) is 0 Å². The van der Waals surface area contributed by atoms with Crippen LogP contribution in [0.4, 0.5) is 0 Å². The predicted molar refractivity (Wildman–Crippen MR) is 85.2 cm³/mol. The number of hydrogen-bond acceptors (Lipinski definition) is 2. The summed E-state index contributed by atoms with van der Waals surface area (Å²) in [5.41, 5.74) is 1.29. The normalized spacial score (nSPS) is 13.2. The van der Waals surface area contributed by atoms with Crippen LogP contribution in [0, 0.1) is 5.92 Å². The van der Waals surface area contributed by atoms with E-state index in [4.69, 9.17) is 0 Å². The zero-order valence-corrected chi connectivity index (χ0v) is 14.3. The third kappa shape index (κ3) is 4.60. The first-order valence-electron chi connectivity index (χ1n) is 7.56. The molecule has 0 saturated heterocycles. The molecule has 1 aromatic rings. The third-order valence-electron chi connectivity index (χ3n) is 3.64. The molecular formula is C15H28BrN3. The van der Waals surface area contributed by atoms with Crippen LogP contribution < -0.4 is 5.32 Å². The van der Waals surface area contributed by atoms with Crippen molar-refractivity contribution in [3.63, 3.8) is 0 Å². The third-order valence-corrected chi connectivity index (χ3v) is 4.25. The van der Waals surface area contributed by atoms with Gasteiger partial charge in [-0.1, -0.05) is 33.6 Å². The molecule has 1 unspecified atom stereocenters. The van der Waals surface area contributed by atoms with E-state index in [1.54, 1.807) is 0 Å². The smallest absolute Gasteiger partial charge is 0.0695 e. The van der Waals surface area contributed by atoms with Crippen LogP contribution in [0.25, 0.3) is 0 Å². The summed E-state index contributed by atoms with van der Waals surface area (Å²) in [7, 11) is 2.04. The number of rotatable bonds is 9. The van der Waals surface area contributed by atoms with Gasteiger partial charge in [0, 0.05) is 7.05 Å². The summed E-state index contributed by atoms with van der Waals surface area (Å²) in [4.78, 5) is 0. The second-order valence-corrected chi connectivity index (χ2v) is 6.12. The van der Waals surface area contributed by atoms with E-state index >= 15 is 0 Å². The first-order chi connectivity index (χ1) is 9.15. The molecule has 19 heavy (non-hydrogen) atoms. The Balaban J connectivity index is 2.97. The van der Waals surface area contributed by atoms with E-state index in [0.717, 1.165) is 17.4 Å². The second-order valence-electron chi connectivity index (χ2n) is 5.27. The summed E-state index contributed by atoms with van der Waals surface area (Å²) < 4.78 is 3.14. The summed E-state index contributed by atoms with van der Waals surface area (Å²) in [6.45, 7) is 7.83. The van der Waals surface area contributed by atoms with Crippen molar-refractivity contribution < 1.29 is 0 Å². The molecule has 0 bridgehead atoms. The van der Waals surface area contributed by atoms with Gasteiger partial charge in [-0.3, -0.25) is 4.68 Å². The Morgan fingerprint density at radius 1 is 1.21 bits per heavy atom. The van der Waals surface area contributed by atoms with Crippen molar-refractivity contribution in [3.05, 3.63) is 16.4 Å². The molecule has 0 aliphatic rings. The van der Waals surface area contributed by atoms with Crippen molar-refractivity contribution >= 4 is 15.9 Å². The van der Waals surface area contributed by atoms with Gasteiger partial charge in [0.05, 0.1) is 22.4 Å². The molecule has 0 fully saturated rings. The number of nitrogens with one attached hydrogen (secondary N) is 1. The summed E-state index contributed by atoms with van der Waals surface area (Å²) in [5, 5.41) is 8.11. The van der Waals surface area contributed by atoms with Gasteiger partial charge in [-0.25, -0.2) is 0 Å². The van der Waals surface area contributed by atoms with Gasteiger partial charge in [0.15, 0.2) is 0 Å². The number of halogens is 1. The Bertz CT molecular complexity index is 337. The van der Waals surface area contributed by atoms with Gasteiger partial charge in [-0.2, -0.15) is 5.10 Å². The minimum absolute atomic E-state index is 0.404. The van der Waals surface area contributed by atoms with Gasteiger partial charge in [0.1, 0.15) is 0 Å². The molecule has 0 saturated carbocycles. The highest BCUT2D eigenvalue weighted by Crippen LogP contribution is 2.33.